The van der Waals surface area contributed by atoms with Crippen LogP contribution < -0.4 is 15.8 Å². The average molecular weight is 291 g/mol. The van der Waals surface area contributed by atoms with E-state index in [4.69, 9.17) is 10.9 Å². The monoisotopic (exact) mass is 291 g/mol. The van der Waals surface area contributed by atoms with Crippen molar-refractivity contribution in [2.24, 2.45) is 10.9 Å². The van der Waals surface area contributed by atoms with Gasteiger partial charge in [0, 0.05) is 25.0 Å². The van der Waals surface area contributed by atoms with E-state index in [1.807, 2.05) is 36.2 Å². The lowest BCUT2D eigenvalue weighted by atomic mass is 10.2. The molecule has 2 rings (SSSR count). The maximum Gasteiger partial charge on any atom is 0.238 e. The van der Waals surface area contributed by atoms with Crippen molar-refractivity contribution >= 4 is 21.4 Å². The Morgan fingerprint density at radius 1 is 1.05 bits per heavy atom. The van der Waals surface area contributed by atoms with Gasteiger partial charge in [0.2, 0.25) is 10.0 Å². The summed E-state index contributed by atoms with van der Waals surface area (Å²) in [7, 11) is -1.75. The van der Waals surface area contributed by atoms with E-state index in [0.717, 1.165) is 16.9 Å². The lowest BCUT2D eigenvalue weighted by Gasteiger charge is -2.20. The van der Waals surface area contributed by atoms with E-state index >= 15 is 0 Å². The van der Waals surface area contributed by atoms with Crippen LogP contribution in [0.5, 0.6) is 0 Å². The lowest BCUT2D eigenvalue weighted by Crippen LogP contribution is -2.13. The van der Waals surface area contributed by atoms with E-state index in [2.05, 4.69) is 0 Å². The second kappa shape index (κ2) is 5.62. The minimum atomic E-state index is -3.66. The van der Waals surface area contributed by atoms with Crippen molar-refractivity contribution in [3.8, 4) is 0 Å². The molecule has 2 aromatic carbocycles. The minimum Gasteiger partial charge on any atom is -0.345 e. The molecule has 106 valence electrons. The van der Waals surface area contributed by atoms with Crippen molar-refractivity contribution in [2.45, 2.75) is 11.4 Å². The van der Waals surface area contributed by atoms with Crippen LogP contribution in [0.4, 0.5) is 11.4 Å². The van der Waals surface area contributed by atoms with Gasteiger partial charge in [-0.1, -0.05) is 12.1 Å². The molecule has 4 N–H and O–H groups in total. The first-order valence-corrected chi connectivity index (χ1v) is 7.62. The second-order valence-corrected chi connectivity index (χ2v) is 6.03. The summed E-state index contributed by atoms with van der Waals surface area (Å²) in [5.41, 5.74) is 8.51. The fourth-order valence-corrected chi connectivity index (χ4v) is 2.42. The van der Waals surface area contributed by atoms with Gasteiger partial charge in [0.1, 0.15) is 0 Å². The normalized spacial score (nSPS) is 11.3. The first-order chi connectivity index (χ1) is 9.41. The van der Waals surface area contributed by atoms with E-state index in [-0.39, 0.29) is 4.90 Å². The van der Waals surface area contributed by atoms with Crippen molar-refractivity contribution in [3.05, 3.63) is 54.1 Å². The Balaban J connectivity index is 2.31. The van der Waals surface area contributed by atoms with E-state index < -0.39 is 10.0 Å². The van der Waals surface area contributed by atoms with Gasteiger partial charge in [-0.25, -0.2) is 13.6 Å². The highest BCUT2D eigenvalue weighted by atomic mass is 32.2. The molecule has 5 nitrogen and oxygen atoms in total. The van der Waals surface area contributed by atoms with Crippen molar-refractivity contribution in [1.82, 2.24) is 0 Å². The highest BCUT2D eigenvalue weighted by Gasteiger charge is 2.09. The third-order valence-corrected chi connectivity index (χ3v) is 4.02. The highest BCUT2D eigenvalue weighted by Crippen LogP contribution is 2.25. The molecule has 6 heteroatoms. The van der Waals surface area contributed by atoms with E-state index in [0.29, 0.717) is 6.54 Å². The second-order valence-electron chi connectivity index (χ2n) is 4.47. The Hall–Kier alpha value is -1.89. The molecule has 0 saturated heterocycles. The molecule has 20 heavy (non-hydrogen) atoms. The van der Waals surface area contributed by atoms with Crippen molar-refractivity contribution in [3.63, 3.8) is 0 Å². The van der Waals surface area contributed by atoms with Crippen LogP contribution in [-0.2, 0) is 16.6 Å². The number of hydrogen-bond donors (Lipinski definition) is 2. The molecule has 0 radical (unpaired) electrons. The Kier molecular flexibility index (Phi) is 4.08. The third kappa shape index (κ3) is 3.16. The fourth-order valence-electron chi connectivity index (χ4n) is 1.90. The Morgan fingerprint density at radius 3 is 2.25 bits per heavy atom. The van der Waals surface area contributed by atoms with Gasteiger partial charge in [0.25, 0.3) is 0 Å². The minimum absolute atomic E-state index is 0.102. The molecule has 0 amide bonds. The molecular weight excluding hydrogens is 274 g/mol. The van der Waals surface area contributed by atoms with Crippen LogP contribution in [0.15, 0.2) is 53.4 Å². The largest absolute Gasteiger partial charge is 0.345 e. The summed E-state index contributed by atoms with van der Waals surface area (Å²) in [5, 5.41) is 5.08. The summed E-state index contributed by atoms with van der Waals surface area (Å²) in [6, 6.07) is 14.3. The molecule has 0 aliphatic carbocycles. The summed E-state index contributed by atoms with van der Waals surface area (Å²) in [5.74, 6) is 0. The summed E-state index contributed by atoms with van der Waals surface area (Å²) in [6.07, 6.45) is 0. The van der Waals surface area contributed by atoms with Crippen LogP contribution >= 0.6 is 0 Å². The average Bonchev–Trinajstić information content (AvgIpc) is 2.46. The van der Waals surface area contributed by atoms with Crippen LogP contribution in [0.3, 0.4) is 0 Å². The van der Waals surface area contributed by atoms with Gasteiger partial charge >= 0.3 is 0 Å². The molecule has 2 aromatic rings. The smallest absolute Gasteiger partial charge is 0.238 e. The Labute approximate surface area is 118 Å². The van der Waals surface area contributed by atoms with Crippen LogP contribution in [-0.4, -0.2) is 15.5 Å². The highest BCUT2D eigenvalue weighted by molar-refractivity contribution is 7.89. The Bertz CT molecular complexity index is 697. The quantitative estimate of drug-likeness (QED) is 0.894. The van der Waals surface area contributed by atoms with E-state index in [9.17, 15) is 8.42 Å². The number of sulfonamides is 1. The fraction of sp³-hybridized carbons (Fsp3) is 0.143. The first-order valence-electron chi connectivity index (χ1n) is 6.07. The molecule has 0 atom stereocenters. The molecule has 0 aliphatic heterocycles. The molecule has 0 bridgehead atoms. The van der Waals surface area contributed by atoms with Crippen molar-refractivity contribution in [1.29, 1.82) is 0 Å². The van der Waals surface area contributed by atoms with Crippen LogP contribution in [0.2, 0.25) is 0 Å². The lowest BCUT2D eigenvalue weighted by molar-refractivity contribution is 0.598. The van der Waals surface area contributed by atoms with Crippen LogP contribution in [0.25, 0.3) is 0 Å². The molecule has 0 aromatic heterocycles. The van der Waals surface area contributed by atoms with Gasteiger partial charge in [-0.05, 0) is 42.0 Å². The van der Waals surface area contributed by atoms with Crippen LogP contribution in [0, 0.1) is 0 Å². The molecule has 0 unspecified atom stereocenters. The molecule has 0 heterocycles. The standard InChI is InChI=1S/C14H17N3O2S/c1-17(13-4-2-3-11(9-13)10-15)12-5-7-14(8-6-12)20(16,18)19/h2-9H,10,15H2,1H3,(H2,16,18,19). The SMILES string of the molecule is CN(c1ccc(S(N)(=O)=O)cc1)c1cccc(CN)c1. The van der Waals surface area contributed by atoms with Gasteiger partial charge in [0.15, 0.2) is 0 Å². The molecule has 0 saturated carbocycles. The zero-order valence-corrected chi connectivity index (χ0v) is 12.0. The molecular formula is C14H17N3O2S. The van der Waals surface area contributed by atoms with Crippen molar-refractivity contribution in [2.75, 3.05) is 11.9 Å². The summed E-state index contributed by atoms with van der Waals surface area (Å²) >= 11 is 0. The molecule has 0 aliphatic rings. The summed E-state index contributed by atoms with van der Waals surface area (Å²) in [6.45, 7) is 0.478. The van der Waals surface area contributed by atoms with Gasteiger partial charge in [-0.2, -0.15) is 0 Å². The van der Waals surface area contributed by atoms with Gasteiger partial charge < -0.3 is 10.6 Å². The zero-order chi connectivity index (χ0) is 14.8. The number of nitrogens with zero attached hydrogens (tertiary/aromatic N) is 1. The first kappa shape index (κ1) is 14.5. The predicted octanol–water partition coefficient (Wildman–Crippen LogP) is 1.56. The number of hydrogen-bond acceptors (Lipinski definition) is 4. The number of benzene rings is 2. The van der Waals surface area contributed by atoms with Crippen molar-refractivity contribution < 1.29 is 8.42 Å². The maximum absolute atomic E-state index is 11.2. The summed E-state index contributed by atoms with van der Waals surface area (Å²) < 4.78 is 22.4. The Morgan fingerprint density at radius 2 is 1.70 bits per heavy atom. The van der Waals surface area contributed by atoms with Gasteiger partial charge in [-0.15, -0.1) is 0 Å². The maximum atomic E-state index is 11.2. The summed E-state index contributed by atoms with van der Waals surface area (Å²) in [4.78, 5) is 2.05. The molecule has 0 fully saturated rings. The molecule has 0 spiro atoms. The van der Waals surface area contributed by atoms with Crippen LogP contribution in [0.1, 0.15) is 5.56 Å². The van der Waals surface area contributed by atoms with Gasteiger partial charge in [-0.3, -0.25) is 0 Å². The topological polar surface area (TPSA) is 89.4 Å². The van der Waals surface area contributed by atoms with E-state index in [1.54, 1.807) is 12.1 Å². The number of rotatable bonds is 4. The number of anilines is 2. The number of primary sulfonamides is 1. The third-order valence-electron chi connectivity index (χ3n) is 3.09. The number of nitrogens with two attached hydrogens (primary N) is 2. The predicted molar refractivity (Wildman–Crippen MR) is 80.2 cm³/mol. The van der Waals surface area contributed by atoms with E-state index in [1.165, 1.54) is 12.1 Å². The van der Waals surface area contributed by atoms with Gasteiger partial charge in [0.05, 0.1) is 4.90 Å². The zero-order valence-electron chi connectivity index (χ0n) is 11.2.